The van der Waals surface area contributed by atoms with E-state index in [0.29, 0.717) is 12.2 Å². The first kappa shape index (κ1) is 19.5. The van der Waals surface area contributed by atoms with E-state index in [0.717, 1.165) is 36.3 Å². The standard InChI is InChI=1S/C20H32O3/c1-14(2)10-8-7-9-11-18(21)23-16-12-15(3)19(22)17(13-16)20(4,5)6/h12-14,22H,7-11H2,1-6H3. The Morgan fingerprint density at radius 1 is 1.17 bits per heavy atom. The van der Waals surface area contributed by atoms with Gasteiger partial charge in [0.25, 0.3) is 0 Å². The zero-order valence-corrected chi connectivity index (χ0v) is 15.5. The molecule has 1 aromatic rings. The fourth-order valence-corrected chi connectivity index (χ4v) is 2.56. The molecule has 0 bridgehead atoms. The Morgan fingerprint density at radius 3 is 2.39 bits per heavy atom. The van der Waals surface area contributed by atoms with Crippen LogP contribution in [0.25, 0.3) is 0 Å². The summed E-state index contributed by atoms with van der Waals surface area (Å²) in [5.41, 5.74) is 1.34. The highest BCUT2D eigenvalue weighted by atomic mass is 16.5. The predicted molar refractivity (Wildman–Crippen MR) is 95.1 cm³/mol. The van der Waals surface area contributed by atoms with Crippen molar-refractivity contribution in [2.45, 2.75) is 79.1 Å². The molecule has 0 aliphatic heterocycles. The molecule has 23 heavy (non-hydrogen) atoms. The van der Waals surface area contributed by atoms with Crippen molar-refractivity contribution in [2.24, 2.45) is 5.92 Å². The van der Waals surface area contributed by atoms with Crippen molar-refractivity contribution in [3.05, 3.63) is 23.3 Å². The average molecular weight is 320 g/mol. The van der Waals surface area contributed by atoms with Gasteiger partial charge in [-0.2, -0.15) is 0 Å². The third-order valence-electron chi connectivity index (χ3n) is 3.98. The number of phenolic OH excluding ortho intramolecular Hbond substituents is 1. The Morgan fingerprint density at radius 2 is 1.83 bits per heavy atom. The van der Waals surface area contributed by atoms with Crippen LogP contribution in [0.1, 0.15) is 77.8 Å². The summed E-state index contributed by atoms with van der Waals surface area (Å²) in [5, 5.41) is 10.2. The zero-order valence-electron chi connectivity index (χ0n) is 15.5. The van der Waals surface area contributed by atoms with Gasteiger partial charge in [0.1, 0.15) is 11.5 Å². The van der Waals surface area contributed by atoms with E-state index in [1.807, 2.05) is 27.7 Å². The maximum atomic E-state index is 12.0. The number of hydrogen-bond donors (Lipinski definition) is 1. The van der Waals surface area contributed by atoms with Gasteiger partial charge in [-0.1, -0.05) is 53.9 Å². The maximum absolute atomic E-state index is 12.0. The van der Waals surface area contributed by atoms with Crippen molar-refractivity contribution < 1.29 is 14.6 Å². The topological polar surface area (TPSA) is 46.5 Å². The fraction of sp³-hybridized carbons (Fsp3) is 0.650. The SMILES string of the molecule is Cc1cc(OC(=O)CCCCCC(C)C)cc(C(C)(C)C)c1O. The molecular weight excluding hydrogens is 288 g/mol. The van der Waals surface area contributed by atoms with Crippen molar-refractivity contribution in [2.75, 3.05) is 0 Å². The molecule has 0 aromatic heterocycles. The Kier molecular flexibility index (Phi) is 7.11. The number of carbonyl (C=O) groups excluding carboxylic acids is 1. The van der Waals surface area contributed by atoms with Gasteiger partial charge in [-0.25, -0.2) is 0 Å². The van der Waals surface area contributed by atoms with Gasteiger partial charge in [0, 0.05) is 12.0 Å². The lowest BCUT2D eigenvalue weighted by Gasteiger charge is -2.22. The lowest BCUT2D eigenvalue weighted by atomic mass is 9.85. The molecule has 0 saturated heterocycles. The van der Waals surface area contributed by atoms with Crippen LogP contribution in [-0.2, 0) is 10.2 Å². The number of esters is 1. The van der Waals surface area contributed by atoms with E-state index in [9.17, 15) is 9.90 Å². The molecule has 1 rings (SSSR count). The smallest absolute Gasteiger partial charge is 0.311 e. The molecular formula is C20H32O3. The number of ether oxygens (including phenoxy) is 1. The lowest BCUT2D eigenvalue weighted by Crippen LogP contribution is -2.13. The van der Waals surface area contributed by atoms with E-state index >= 15 is 0 Å². The molecule has 130 valence electrons. The highest BCUT2D eigenvalue weighted by Crippen LogP contribution is 2.36. The van der Waals surface area contributed by atoms with Gasteiger partial charge in [-0.3, -0.25) is 4.79 Å². The molecule has 0 fully saturated rings. The number of benzene rings is 1. The summed E-state index contributed by atoms with van der Waals surface area (Å²) in [7, 11) is 0. The van der Waals surface area contributed by atoms with Gasteiger partial charge in [-0.05, 0) is 42.4 Å². The molecule has 3 nitrogen and oxygen atoms in total. The molecule has 0 heterocycles. The number of aromatic hydroxyl groups is 1. The number of carbonyl (C=O) groups is 1. The zero-order chi connectivity index (χ0) is 17.6. The van der Waals surface area contributed by atoms with E-state index < -0.39 is 0 Å². The molecule has 0 atom stereocenters. The maximum Gasteiger partial charge on any atom is 0.311 e. The summed E-state index contributed by atoms with van der Waals surface area (Å²) in [4.78, 5) is 12.0. The van der Waals surface area contributed by atoms with Crippen LogP contribution < -0.4 is 4.74 Å². The molecule has 0 spiro atoms. The first-order valence-electron chi connectivity index (χ1n) is 8.66. The normalized spacial score (nSPS) is 11.8. The van der Waals surface area contributed by atoms with Crippen LogP contribution in [0.2, 0.25) is 0 Å². The fourth-order valence-electron chi connectivity index (χ4n) is 2.56. The molecule has 0 saturated carbocycles. The van der Waals surface area contributed by atoms with Crippen LogP contribution >= 0.6 is 0 Å². The van der Waals surface area contributed by atoms with Crippen LogP contribution in [0.15, 0.2) is 12.1 Å². The van der Waals surface area contributed by atoms with Crippen molar-refractivity contribution in [3.8, 4) is 11.5 Å². The number of phenols is 1. The number of rotatable bonds is 7. The third kappa shape index (κ3) is 6.64. The van der Waals surface area contributed by atoms with E-state index in [2.05, 4.69) is 13.8 Å². The highest BCUT2D eigenvalue weighted by Gasteiger charge is 2.21. The third-order valence-corrected chi connectivity index (χ3v) is 3.98. The van der Waals surface area contributed by atoms with Crippen molar-refractivity contribution >= 4 is 5.97 Å². The largest absolute Gasteiger partial charge is 0.507 e. The molecule has 1 N–H and O–H groups in total. The summed E-state index contributed by atoms with van der Waals surface area (Å²) < 4.78 is 5.46. The lowest BCUT2D eigenvalue weighted by molar-refractivity contribution is -0.134. The number of aryl methyl sites for hydroxylation is 1. The molecule has 3 heteroatoms. The van der Waals surface area contributed by atoms with Gasteiger partial charge in [-0.15, -0.1) is 0 Å². The van der Waals surface area contributed by atoms with Crippen LogP contribution in [0, 0.1) is 12.8 Å². The monoisotopic (exact) mass is 320 g/mol. The summed E-state index contributed by atoms with van der Waals surface area (Å²) in [5.74, 6) is 1.33. The predicted octanol–water partition coefficient (Wildman–Crippen LogP) is 5.51. The van der Waals surface area contributed by atoms with E-state index in [1.54, 1.807) is 12.1 Å². The van der Waals surface area contributed by atoms with Gasteiger partial charge in [0.2, 0.25) is 0 Å². The van der Waals surface area contributed by atoms with Gasteiger partial charge in [0.15, 0.2) is 0 Å². The van der Waals surface area contributed by atoms with Gasteiger partial charge >= 0.3 is 5.97 Å². The number of hydrogen-bond acceptors (Lipinski definition) is 3. The Balaban J connectivity index is 2.60. The minimum absolute atomic E-state index is 0.195. The Labute approximate surface area is 141 Å². The second-order valence-electron chi connectivity index (χ2n) is 7.85. The van der Waals surface area contributed by atoms with E-state index in [1.165, 1.54) is 6.42 Å². The second kappa shape index (κ2) is 8.37. The first-order valence-corrected chi connectivity index (χ1v) is 8.66. The van der Waals surface area contributed by atoms with E-state index in [4.69, 9.17) is 4.74 Å². The minimum Gasteiger partial charge on any atom is -0.507 e. The van der Waals surface area contributed by atoms with Gasteiger partial charge in [0.05, 0.1) is 0 Å². The first-order chi connectivity index (χ1) is 10.6. The molecule has 0 radical (unpaired) electrons. The highest BCUT2D eigenvalue weighted by molar-refractivity contribution is 5.72. The van der Waals surface area contributed by atoms with Crippen molar-refractivity contribution in [1.29, 1.82) is 0 Å². The Hall–Kier alpha value is -1.51. The van der Waals surface area contributed by atoms with Crippen molar-refractivity contribution in [1.82, 2.24) is 0 Å². The summed E-state index contributed by atoms with van der Waals surface area (Å²) in [6.07, 6.45) is 4.76. The molecule has 1 aromatic carbocycles. The van der Waals surface area contributed by atoms with Crippen molar-refractivity contribution in [3.63, 3.8) is 0 Å². The minimum atomic E-state index is -0.200. The molecule has 0 unspecified atom stereocenters. The molecule has 0 aliphatic carbocycles. The average Bonchev–Trinajstić information content (AvgIpc) is 2.40. The van der Waals surface area contributed by atoms with Gasteiger partial charge < -0.3 is 9.84 Å². The quantitative estimate of drug-likeness (QED) is 0.409. The summed E-state index contributed by atoms with van der Waals surface area (Å²) in [6.45, 7) is 12.3. The Bertz CT molecular complexity index is 524. The van der Waals surface area contributed by atoms with Crippen LogP contribution in [-0.4, -0.2) is 11.1 Å². The molecule has 0 amide bonds. The summed E-state index contributed by atoms with van der Waals surface area (Å²) in [6, 6.07) is 3.50. The van der Waals surface area contributed by atoms with E-state index in [-0.39, 0.29) is 17.1 Å². The van der Waals surface area contributed by atoms with Crippen LogP contribution in [0.3, 0.4) is 0 Å². The van der Waals surface area contributed by atoms with Crippen LogP contribution in [0.5, 0.6) is 11.5 Å². The second-order valence-corrected chi connectivity index (χ2v) is 7.85. The molecule has 0 aliphatic rings. The number of unbranched alkanes of at least 4 members (excludes halogenated alkanes) is 2. The van der Waals surface area contributed by atoms with Crippen LogP contribution in [0.4, 0.5) is 0 Å². The summed E-state index contributed by atoms with van der Waals surface area (Å²) >= 11 is 0.